The van der Waals surface area contributed by atoms with Crippen LogP contribution in [-0.2, 0) is 4.79 Å². The maximum atomic E-state index is 12.4. The average Bonchev–Trinajstić information content (AvgIpc) is 2.64. The van der Waals surface area contributed by atoms with Crippen molar-refractivity contribution in [1.82, 2.24) is 10.7 Å². The van der Waals surface area contributed by atoms with Crippen LogP contribution in [0.5, 0.6) is 0 Å². The molecule has 1 fully saturated rings. The highest BCUT2D eigenvalue weighted by molar-refractivity contribution is 7.98. The number of hydrazone groups is 1. The molecule has 6 heteroatoms. The molecule has 0 radical (unpaired) electrons. The van der Waals surface area contributed by atoms with Crippen LogP contribution in [0.25, 0.3) is 0 Å². The topological polar surface area (TPSA) is 70.6 Å². The summed E-state index contributed by atoms with van der Waals surface area (Å²) in [6.07, 6.45) is 7.96. The quantitative estimate of drug-likeness (QED) is 0.745. The van der Waals surface area contributed by atoms with E-state index in [0.717, 1.165) is 37.1 Å². The summed E-state index contributed by atoms with van der Waals surface area (Å²) < 4.78 is 0. The van der Waals surface area contributed by atoms with Crippen molar-refractivity contribution in [2.45, 2.75) is 44.6 Å². The van der Waals surface area contributed by atoms with Gasteiger partial charge in [-0.2, -0.15) is 16.9 Å². The van der Waals surface area contributed by atoms with Gasteiger partial charge in [0.2, 0.25) is 0 Å². The Morgan fingerprint density at radius 3 is 2.54 bits per heavy atom. The van der Waals surface area contributed by atoms with Gasteiger partial charge in [-0.25, -0.2) is 5.43 Å². The smallest absolute Gasteiger partial charge is 0.262 e. The van der Waals surface area contributed by atoms with Gasteiger partial charge in [0.15, 0.2) is 0 Å². The van der Waals surface area contributed by atoms with E-state index in [9.17, 15) is 9.59 Å². The van der Waals surface area contributed by atoms with Gasteiger partial charge in [-0.15, -0.1) is 0 Å². The summed E-state index contributed by atoms with van der Waals surface area (Å²) in [5.74, 6) is 0.317. The molecule has 0 saturated heterocycles. The summed E-state index contributed by atoms with van der Waals surface area (Å²) in [7, 11) is 0. The second-order valence-corrected chi connectivity index (χ2v) is 6.87. The van der Waals surface area contributed by atoms with Gasteiger partial charge in [0.1, 0.15) is 6.04 Å². The van der Waals surface area contributed by atoms with E-state index >= 15 is 0 Å². The van der Waals surface area contributed by atoms with Gasteiger partial charge in [0.25, 0.3) is 11.8 Å². The maximum Gasteiger partial charge on any atom is 0.262 e. The predicted molar refractivity (Wildman–Crippen MR) is 99.4 cm³/mol. The van der Waals surface area contributed by atoms with Crippen LogP contribution >= 0.6 is 11.8 Å². The molecule has 0 heterocycles. The number of benzene rings is 1. The molecule has 1 aromatic carbocycles. The minimum atomic E-state index is -0.571. The molecule has 0 aromatic heterocycles. The van der Waals surface area contributed by atoms with Crippen LogP contribution in [0, 0.1) is 0 Å². The molecule has 1 saturated carbocycles. The number of rotatable bonds is 7. The van der Waals surface area contributed by atoms with E-state index in [1.165, 1.54) is 6.42 Å². The van der Waals surface area contributed by atoms with Gasteiger partial charge in [-0.3, -0.25) is 9.59 Å². The fourth-order valence-electron chi connectivity index (χ4n) is 2.62. The van der Waals surface area contributed by atoms with Crippen LogP contribution in [0.4, 0.5) is 0 Å². The molecular weight excluding hydrogens is 322 g/mol. The molecule has 1 aliphatic carbocycles. The monoisotopic (exact) mass is 347 g/mol. The van der Waals surface area contributed by atoms with Gasteiger partial charge in [-0.05, 0) is 56.2 Å². The molecule has 24 heavy (non-hydrogen) atoms. The summed E-state index contributed by atoms with van der Waals surface area (Å²) >= 11 is 1.65. The Bertz CT molecular complexity index is 567. The van der Waals surface area contributed by atoms with Crippen molar-refractivity contribution in [3.63, 3.8) is 0 Å². The number of carbonyl (C=O) groups excluding carboxylic acids is 2. The first-order valence-electron chi connectivity index (χ1n) is 8.41. The van der Waals surface area contributed by atoms with Crippen molar-refractivity contribution in [3.05, 3.63) is 35.9 Å². The Hall–Kier alpha value is -1.82. The Morgan fingerprint density at radius 1 is 1.17 bits per heavy atom. The van der Waals surface area contributed by atoms with E-state index < -0.39 is 6.04 Å². The largest absolute Gasteiger partial charge is 0.340 e. The molecular formula is C18H25N3O2S. The molecule has 2 amide bonds. The molecule has 2 rings (SSSR count). The van der Waals surface area contributed by atoms with Crippen LogP contribution in [0.15, 0.2) is 35.4 Å². The lowest BCUT2D eigenvalue weighted by Gasteiger charge is -2.18. The number of amides is 2. The van der Waals surface area contributed by atoms with E-state index in [1.807, 2.05) is 12.3 Å². The standard InChI is InChI=1S/C18H25N3O2S/c1-24-13-12-16(19-17(22)14-8-4-2-5-9-14)18(23)21-20-15-10-6-3-7-11-15/h2,4-5,8-9,16H,3,6-7,10-13H2,1H3,(H,19,22)(H,21,23)/t16-/m0/s1. The predicted octanol–water partition coefficient (Wildman–Crippen LogP) is 2.97. The first-order valence-corrected chi connectivity index (χ1v) is 9.80. The van der Waals surface area contributed by atoms with Gasteiger partial charge in [-0.1, -0.05) is 24.6 Å². The first kappa shape index (κ1) is 18.5. The minimum Gasteiger partial charge on any atom is -0.340 e. The summed E-state index contributed by atoms with van der Waals surface area (Å²) in [4.78, 5) is 24.7. The van der Waals surface area contributed by atoms with Crippen LogP contribution in [0.1, 0.15) is 48.9 Å². The van der Waals surface area contributed by atoms with Gasteiger partial charge in [0.05, 0.1) is 0 Å². The van der Waals surface area contributed by atoms with Crippen LogP contribution in [-0.4, -0.2) is 35.6 Å². The number of nitrogens with one attached hydrogen (secondary N) is 2. The maximum absolute atomic E-state index is 12.4. The normalized spacial score (nSPS) is 15.5. The highest BCUT2D eigenvalue weighted by Gasteiger charge is 2.21. The summed E-state index contributed by atoms with van der Waals surface area (Å²) in [6, 6.07) is 8.37. The van der Waals surface area contributed by atoms with Gasteiger partial charge >= 0.3 is 0 Å². The first-order chi connectivity index (χ1) is 11.7. The van der Waals surface area contributed by atoms with Crippen molar-refractivity contribution >= 4 is 29.3 Å². The fraction of sp³-hybridized carbons (Fsp3) is 0.500. The summed E-state index contributed by atoms with van der Waals surface area (Å²) in [6.45, 7) is 0. The van der Waals surface area contributed by atoms with Crippen molar-refractivity contribution < 1.29 is 9.59 Å². The van der Waals surface area contributed by atoms with Gasteiger partial charge in [0, 0.05) is 11.3 Å². The molecule has 0 unspecified atom stereocenters. The fourth-order valence-corrected chi connectivity index (χ4v) is 3.09. The second-order valence-electron chi connectivity index (χ2n) is 5.89. The van der Waals surface area contributed by atoms with Gasteiger partial charge < -0.3 is 5.32 Å². The lowest BCUT2D eigenvalue weighted by atomic mass is 9.99. The highest BCUT2D eigenvalue weighted by atomic mass is 32.2. The second kappa shape index (κ2) is 10.1. The van der Waals surface area contributed by atoms with Crippen molar-refractivity contribution in [2.75, 3.05) is 12.0 Å². The molecule has 0 bridgehead atoms. The van der Waals surface area contributed by atoms with Crippen molar-refractivity contribution in [3.8, 4) is 0 Å². The van der Waals surface area contributed by atoms with Crippen molar-refractivity contribution in [2.24, 2.45) is 5.10 Å². The van der Waals surface area contributed by atoms with Crippen LogP contribution < -0.4 is 10.7 Å². The third-order valence-electron chi connectivity index (χ3n) is 4.02. The number of thioether (sulfide) groups is 1. The van der Waals surface area contributed by atoms with Crippen LogP contribution in [0.3, 0.4) is 0 Å². The lowest BCUT2D eigenvalue weighted by Crippen LogP contribution is -2.46. The third kappa shape index (κ3) is 6.00. The van der Waals surface area contributed by atoms with E-state index in [1.54, 1.807) is 36.0 Å². The SMILES string of the molecule is CSCC[C@H](NC(=O)c1ccccc1)C(=O)NN=C1CCCCC1. The Balaban J connectivity index is 1.95. The molecule has 1 aromatic rings. The van der Waals surface area contributed by atoms with E-state index in [2.05, 4.69) is 15.8 Å². The Morgan fingerprint density at radius 2 is 1.88 bits per heavy atom. The molecule has 130 valence electrons. The molecule has 1 aliphatic rings. The third-order valence-corrected chi connectivity index (χ3v) is 4.67. The highest BCUT2D eigenvalue weighted by Crippen LogP contribution is 2.14. The van der Waals surface area contributed by atoms with Crippen LogP contribution in [0.2, 0.25) is 0 Å². The zero-order valence-corrected chi connectivity index (χ0v) is 14.9. The summed E-state index contributed by atoms with van der Waals surface area (Å²) in [5, 5.41) is 7.07. The Kier molecular flexibility index (Phi) is 7.82. The molecule has 5 nitrogen and oxygen atoms in total. The van der Waals surface area contributed by atoms with E-state index in [0.29, 0.717) is 12.0 Å². The average molecular weight is 347 g/mol. The number of hydrogen-bond acceptors (Lipinski definition) is 4. The Labute approximate surface area is 147 Å². The molecule has 0 aliphatic heterocycles. The van der Waals surface area contributed by atoms with E-state index in [-0.39, 0.29) is 11.8 Å². The molecule has 0 spiro atoms. The zero-order chi connectivity index (χ0) is 17.2. The number of nitrogens with zero attached hydrogens (tertiary/aromatic N) is 1. The summed E-state index contributed by atoms with van der Waals surface area (Å²) in [5.41, 5.74) is 4.25. The van der Waals surface area contributed by atoms with Crippen molar-refractivity contribution in [1.29, 1.82) is 0 Å². The molecule has 1 atom stereocenters. The number of carbonyl (C=O) groups is 2. The lowest BCUT2D eigenvalue weighted by molar-refractivity contribution is -0.123. The zero-order valence-electron chi connectivity index (χ0n) is 14.1. The minimum absolute atomic E-state index is 0.234. The van der Waals surface area contributed by atoms with E-state index in [4.69, 9.17) is 0 Å². The number of hydrogen-bond donors (Lipinski definition) is 2. The molecule has 2 N–H and O–H groups in total.